The Balaban J connectivity index is 1.01. The minimum atomic E-state index is -0.838. The molecule has 2 saturated carbocycles. The summed E-state index contributed by atoms with van der Waals surface area (Å²) in [5, 5.41) is 0. The zero-order chi connectivity index (χ0) is 24.4. The van der Waals surface area contributed by atoms with E-state index in [1.165, 1.54) is 0 Å². The fraction of sp³-hybridized carbons (Fsp3) is 0.500. The van der Waals surface area contributed by atoms with E-state index in [4.69, 9.17) is 9.47 Å². The summed E-state index contributed by atoms with van der Waals surface area (Å²) in [6, 6.07) is 11.9. The number of hydrogen-bond donors (Lipinski definition) is 0. The average Bonchev–Trinajstić information content (AvgIpc) is 3.78. The number of ether oxygens (including phenoxy) is 2. The summed E-state index contributed by atoms with van der Waals surface area (Å²) in [7, 11) is 0. The largest absolute Gasteiger partial charge is 0.493 e. The van der Waals surface area contributed by atoms with Gasteiger partial charge in [0.25, 0.3) is 0 Å². The van der Waals surface area contributed by atoms with Gasteiger partial charge in [0.05, 0.1) is 12.2 Å². The summed E-state index contributed by atoms with van der Waals surface area (Å²) in [5.74, 6) is -0.472. The highest BCUT2D eigenvalue weighted by atomic mass is 19.1. The van der Waals surface area contributed by atoms with Crippen molar-refractivity contribution in [3.8, 4) is 5.75 Å². The smallest absolute Gasteiger partial charge is 0.410 e. The third-order valence-corrected chi connectivity index (χ3v) is 7.55. The van der Waals surface area contributed by atoms with Crippen LogP contribution in [0.2, 0.25) is 0 Å². The Morgan fingerprint density at radius 1 is 0.971 bits per heavy atom. The minimum absolute atomic E-state index is 0.131. The monoisotopic (exact) mass is 483 g/mol. The Bertz CT molecular complexity index is 1040. The van der Waals surface area contributed by atoms with Crippen molar-refractivity contribution in [2.75, 3.05) is 19.7 Å². The van der Waals surface area contributed by atoms with Gasteiger partial charge in [0, 0.05) is 31.1 Å². The van der Waals surface area contributed by atoms with Gasteiger partial charge in [-0.2, -0.15) is 0 Å². The van der Waals surface area contributed by atoms with Gasteiger partial charge in [0.2, 0.25) is 0 Å². The number of carbonyl (C=O) groups excluding carboxylic acids is 2. The number of hydrogen-bond acceptors (Lipinski definition) is 4. The third-order valence-electron chi connectivity index (χ3n) is 7.55. The zero-order valence-corrected chi connectivity index (χ0v) is 19.8. The maximum atomic E-state index is 14.3. The second-order valence-electron chi connectivity index (χ2n) is 10.1. The molecule has 3 fully saturated rings. The maximum Gasteiger partial charge on any atom is 0.410 e. The molecular weight excluding hydrogens is 452 g/mol. The van der Waals surface area contributed by atoms with Crippen LogP contribution in [0.4, 0.5) is 13.6 Å². The van der Waals surface area contributed by atoms with Crippen molar-refractivity contribution >= 4 is 11.9 Å². The number of ketones is 1. The molecular formula is C28H31F2NO4. The third kappa shape index (κ3) is 5.82. The van der Waals surface area contributed by atoms with Crippen LogP contribution >= 0.6 is 0 Å². The van der Waals surface area contributed by atoms with E-state index >= 15 is 0 Å². The fourth-order valence-corrected chi connectivity index (χ4v) is 5.25. The van der Waals surface area contributed by atoms with Gasteiger partial charge in [0.15, 0.2) is 5.78 Å². The molecule has 1 saturated heterocycles. The van der Waals surface area contributed by atoms with Crippen LogP contribution in [0.1, 0.15) is 54.4 Å². The van der Waals surface area contributed by atoms with Gasteiger partial charge in [-0.1, -0.05) is 30.3 Å². The first kappa shape index (κ1) is 23.8. The van der Waals surface area contributed by atoms with Gasteiger partial charge in [-0.05, 0) is 61.8 Å². The Kier molecular flexibility index (Phi) is 7.02. The van der Waals surface area contributed by atoms with Crippen LogP contribution in [-0.2, 0) is 11.3 Å². The predicted molar refractivity (Wildman–Crippen MR) is 126 cm³/mol. The molecule has 186 valence electrons. The number of benzene rings is 2. The molecule has 3 aliphatic rings. The van der Waals surface area contributed by atoms with E-state index < -0.39 is 23.0 Å². The van der Waals surface area contributed by atoms with Crippen LogP contribution in [-0.4, -0.2) is 36.5 Å². The highest BCUT2D eigenvalue weighted by Gasteiger charge is 2.43. The number of piperidine rings is 1. The van der Waals surface area contributed by atoms with E-state index in [1.807, 2.05) is 30.3 Å². The van der Waals surface area contributed by atoms with Crippen molar-refractivity contribution in [2.24, 2.45) is 23.7 Å². The molecule has 1 amide bonds. The van der Waals surface area contributed by atoms with Crippen LogP contribution < -0.4 is 4.74 Å². The van der Waals surface area contributed by atoms with E-state index in [-0.39, 0.29) is 24.4 Å². The van der Waals surface area contributed by atoms with Crippen molar-refractivity contribution in [3.63, 3.8) is 0 Å². The molecule has 0 aromatic heterocycles. The molecule has 35 heavy (non-hydrogen) atoms. The molecule has 2 aromatic carbocycles. The van der Waals surface area contributed by atoms with Crippen LogP contribution in [0.25, 0.3) is 0 Å². The molecule has 5 rings (SSSR count). The summed E-state index contributed by atoms with van der Waals surface area (Å²) >= 11 is 0. The lowest BCUT2D eigenvalue weighted by Crippen LogP contribution is -2.39. The molecule has 0 spiro atoms. The highest BCUT2D eigenvalue weighted by molar-refractivity contribution is 5.99. The first-order chi connectivity index (χ1) is 17.0. The van der Waals surface area contributed by atoms with E-state index in [2.05, 4.69) is 0 Å². The summed E-state index contributed by atoms with van der Waals surface area (Å²) in [5.41, 5.74) is 0.546. The number of nitrogens with zero attached hydrogens (tertiary/aromatic N) is 1. The number of Topliss-reactive ketones (excluding diaryl/α,β-unsaturated/α-hetero) is 1. The van der Waals surface area contributed by atoms with Crippen LogP contribution in [0, 0.1) is 35.3 Å². The second-order valence-corrected chi connectivity index (χ2v) is 10.1. The SMILES string of the molecule is O=C(c1c(F)cc(OCC[C@@H]2C[C@@H]2C2CCN(C(=O)OCc3ccccc3)CC2)cc1F)C1CC1. The Hall–Kier alpha value is -2.96. The second kappa shape index (κ2) is 10.3. The van der Waals surface area contributed by atoms with Crippen molar-refractivity contribution in [1.29, 1.82) is 0 Å². The molecule has 1 aliphatic heterocycles. The van der Waals surface area contributed by atoms with E-state index in [0.29, 0.717) is 50.3 Å². The lowest BCUT2D eigenvalue weighted by atomic mass is 9.91. The lowest BCUT2D eigenvalue weighted by molar-refractivity contribution is 0.0795. The maximum absolute atomic E-state index is 14.3. The van der Waals surface area contributed by atoms with Crippen LogP contribution in [0.5, 0.6) is 5.75 Å². The van der Waals surface area contributed by atoms with Gasteiger partial charge in [0.1, 0.15) is 24.0 Å². The molecule has 2 aromatic rings. The number of likely N-dealkylation sites (tertiary alicyclic amines) is 1. The lowest BCUT2D eigenvalue weighted by Gasteiger charge is -2.31. The summed E-state index contributed by atoms with van der Waals surface area (Å²) in [6.07, 6.45) is 5.05. The van der Waals surface area contributed by atoms with Crippen molar-refractivity contribution in [3.05, 3.63) is 65.2 Å². The van der Waals surface area contributed by atoms with Gasteiger partial charge < -0.3 is 14.4 Å². The molecule has 0 radical (unpaired) electrons. The highest BCUT2D eigenvalue weighted by Crippen LogP contribution is 2.49. The Morgan fingerprint density at radius 3 is 2.31 bits per heavy atom. The number of halogens is 2. The summed E-state index contributed by atoms with van der Waals surface area (Å²) in [4.78, 5) is 26.2. The normalized spacial score (nSPS) is 22.1. The van der Waals surface area contributed by atoms with Gasteiger partial charge in [-0.15, -0.1) is 0 Å². The average molecular weight is 484 g/mol. The predicted octanol–water partition coefficient (Wildman–Crippen LogP) is 6.01. The van der Waals surface area contributed by atoms with E-state index in [9.17, 15) is 18.4 Å². The van der Waals surface area contributed by atoms with Crippen molar-refractivity contribution in [2.45, 2.75) is 45.1 Å². The summed E-state index contributed by atoms with van der Waals surface area (Å²) < 4.78 is 39.7. The molecule has 2 aliphatic carbocycles. The Morgan fingerprint density at radius 2 is 1.66 bits per heavy atom. The zero-order valence-electron chi connectivity index (χ0n) is 19.8. The first-order valence-electron chi connectivity index (χ1n) is 12.6. The Labute approximate surface area is 204 Å². The van der Waals surface area contributed by atoms with Gasteiger partial charge in [-0.25, -0.2) is 13.6 Å². The first-order valence-corrected chi connectivity index (χ1v) is 12.6. The number of amides is 1. The molecule has 0 N–H and O–H groups in total. The fourth-order valence-electron chi connectivity index (χ4n) is 5.25. The minimum Gasteiger partial charge on any atom is -0.493 e. The molecule has 0 bridgehead atoms. The summed E-state index contributed by atoms with van der Waals surface area (Å²) in [6.45, 7) is 2.10. The van der Waals surface area contributed by atoms with Crippen molar-refractivity contribution < 1.29 is 27.8 Å². The van der Waals surface area contributed by atoms with Gasteiger partial charge in [-0.3, -0.25) is 4.79 Å². The van der Waals surface area contributed by atoms with E-state index in [1.54, 1.807) is 4.90 Å². The quantitative estimate of drug-likeness (QED) is 0.410. The molecule has 1 heterocycles. The molecule has 0 unspecified atom stereocenters. The van der Waals surface area contributed by atoms with Crippen molar-refractivity contribution in [1.82, 2.24) is 4.90 Å². The van der Waals surface area contributed by atoms with Gasteiger partial charge >= 0.3 is 6.09 Å². The van der Waals surface area contributed by atoms with Crippen LogP contribution in [0.3, 0.4) is 0 Å². The topological polar surface area (TPSA) is 55.8 Å². The molecule has 2 atom stereocenters. The van der Waals surface area contributed by atoms with Crippen LogP contribution in [0.15, 0.2) is 42.5 Å². The molecule has 7 heteroatoms. The molecule has 5 nitrogen and oxygen atoms in total. The van der Waals surface area contributed by atoms with E-state index in [0.717, 1.165) is 43.4 Å². The number of rotatable bonds is 9. The number of carbonyl (C=O) groups is 2. The standard InChI is InChI=1S/C28H31F2NO4/c29-24-15-22(16-25(30)26(24)27(32)20-6-7-20)34-13-10-21-14-23(21)19-8-11-31(12-9-19)28(33)35-17-18-4-2-1-3-5-18/h1-5,15-16,19-21,23H,6-14,17H2/t21-,23-/m1/s1.